The van der Waals surface area contributed by atoms with Gasteiger partial charge < -0.3 is 12.4 Å². The SMILES string of the molecule is C=Cn1cc[n+](CCCC)c1Cc1ccccc1.[Cl-]. The average Bonchev–Trinajstić information content (AvgIpc) is 2.80. The highest BCUT2D eigenvalue weighted by atomic mass is 35.5. The van der Waals surface area contributed by atoms with Gasteiger partial charge in [0.1, 0.15) is 12.4 Å². The summed E-state index contributed by atoms with van der Waals surface area (Å²) in [6.45, 7) is 7.18. The highest BCUT2D eigenvalue weighted by Crippen LogP contribution is 2.07. The zero-order valence-corrected chi connectivity index (χ0v) is 12.2. The number of imidazole rings is 1. The first-order chi connectivity index (χ1) is 8.85. The number of hydrogen-bond donors (Lipinski definition) is 0. The molecule has 0 aliphatic heterocycles. The van der Waals surface area contributed by atoms with E-state index < -0.39 is 0 Å². The Hall–Kier alpha value is -1.54. The second-order valence-electron chi connectivity index (χ2n) is 4.51. The molecule has 2 rings (SSSR count). The number of rotatable bonds is 6. The van der Waals surface area contributed by atoms with Crippen molar-refractivity contribution in [1.29, 1.82) is 0 Å². The molecular formula is C16H21ClN2. The summed E-state index contributed by atoms with van der Waals surface area (Å²) in [6.07, 6.45) is 9.49. The predicted octanol–water partition coefficient (Wildman–Crippen LogP) is 0.271. The monoisotopic (exact) mass is 276 g/mol. The molecule has 0 saturated heterocycles. The van der Waals surface area contributed by atoms with Crippen LogP contribution in [0.2, 0.25) is 0 Å². The summed E-state index contributed by atoms with van der Waals surface area (Å²) in [6, 6.07) is 10.6. The summed E-state index contributed by atoms with van der Waals surface area (Å²) in [5, 5.41) is 0. The molecule has 0 radical (unpaired) electrons. The predicted molar refractivity (Wildman–Crippen MR) is 75.2 cm³/mol. The van der Waals surface area contributed by atoms with Gasteiger partial charge in [0, 0.05) is 0 Å². The van der Waals surface area contributed by atoms with E-state index in [9.17, 15) is 0 Å². The van der Waals surface area contributed by atoms with Gasteiger partial charge >= 0.3 is 0 Å². The number of hydrogen-bond acceptors (Lipinski definition) is 0. The Labute approximate surface area is 121 Å². The summed E-state index contributed by atoms with van der Waals surface area (Å²) in [5.74, 6) is 1.30. The maximum atomic E-state index is 3.88. The topological polar surface area (TPSA) is 8.81 Å². The van der Waals surface area contributed by atoms with Crippen LogP contribution in [0.5, 0.6) is 0 Å². The van der Waals surface area contributed by atoms with E-state index in [0.717, 1.165) is 13.0 Å². The maximum absolute atomic E-state index is 3.88. The molecule has 0 atom stereocenters. The van der Waals surface area contributed by atoms with Crippen LogP contribution in [-0.2, 0) is 13.0 Å². The fourth-order valence-corrected chi connectivity index (χ4v) is 2.14. The van der Waals surface area contributed by atoms with E-state index >= 15 is 0 Å². The molecule has 102 valence electrons. The van der Waals surface area contributed by atoms with Crippen molar-refractivity contribution in [3.8, 4) is 0 Å². The normalized spacial score (nSPS) is 9.95. The molecule has 3 heteroatoms. The lowest BCUT2D eigenvalue weighted by Crippen LogP contribution is -3.00. The van der Waals surface area contributed by atoms with Gasteiger partial charge in [0.25, 0.3) is 5.82 Å². The summed E-state index contributed by atoms with van der Waals surface area (Å²) in [4.78, 5) is 0. The first-order valence-electron chi connectivity index (χ1n) is 6.60. The molecule has 0 bridgehead atoms. The fourth-order valence-electron chi connectivity index (χ4n) is 2.14. The Balaban J connectivity index is 0.00000180. The minimum absolute atomic E-state index is 0. The summed E-state index contributed by atoms with van der Waals surface area (Å²) < 4.78 is 4.45. The van der Waals surface area contributed by atoms with Gasteiger partial charge in [0.05, 0.1) is 19.2 Å². The Kier molecular flexibility index (Phi) is 6.37. The van der Waals surface area contributed by atoms with Crippen LogP contribution in [0.15, 0.2) is 49.3 Å². The molecule has 0 fully saturated rings. The maximum Gasteiger partial charge on any atom is 0.265 e. The molecule has 0 unspecified atom stereocenters. The van der Waals surface area contributed by atoms with Crippen molar-refractivity contribution in [3.63, 3.8) is 0 Å². The van der Waals surface area contributed by atoms with Crippen molar-refractivity contribution in [2.75, 3.05) is 0 Å². The Bertz CT molecular complexity index is 503. The van der Waals surface area contributed by atoms with Crippen molar-refractivity contribution < 1.29 is 17.0 Å². The fraction of sp³-hybridized carbons (Fsp3) is 0.312. The second kappa shape index (κ2) is 7.80. The van der Waals surface area contributed by atoms with Crippen molar-refractivity contribution in [1.82, 2.24) is 4.57 Å². The van der Waals surface area contributed by atoms with E-state index in [4.69, 9.17) is 0 Å². The average molecular weight is 277 g/mol. The molecule has 0 saturated carbocycles. The smallest absolute Gasteiger partial charge is 0.265 e. The van der Waals surface area contributed by atoms with Crippen molar-refractivity contribution in [2.24, 2.45) is 0 Å². The number of halogens is 1. The van der Waals surface area contributed by atoms with Gasteiger partial charge in [0.2, 0.25) is 0 Å². The number of aromatic nitrogens is 2. The van der Waals surface area contributed by atoms with Gasteiger partial charge in [-0.15, -0.1) is 0 Å². The third-order valence-electron chi connectivity index (χ3n) is 3.19. The first kappa shape index (κ1) is 15.5. The molecular weight excluding hydrogens is 256 g/mol. The number of aryl methyl sites for hydroxylation is 1. The van der Waals surface area contributed by atoms with E-state index in [0.29, 0.717) is 0 Å². The minimum atomic E-state index is 0. The van der Waals surface area contributed by atoms with Crippen LogP contribution >= 0.6 is 0 Å². The Morgan fingerprint density at radius 1 is 1.26 bits per heavy atom. The lowest BCUT2D eigenvalue weighted by atomic mass is 10.1. The molecule has 0 spiro atoms. The number of unbranched alkanes of at least 4 members (excludes halogenated alkanes) is 1. The second-order valence-corrected chi connectivity index (χ2v) is 4.51. The Morgan fingerprint density at radius 2 is 2.00 bits per heavy atom. The number of nitrogens with zero attached hydrogens (tertiary/aromatic N) is 2. The molecule has 19 heavy (non-hydrogen) atoms. The highest BCUT2D eigenvalue weighted by molar-refractivity contribution is 5.23. The van der Waals surface area contributed by atoms with E-state index in [1.807, 2.05) is 6.20 Å². The lowest BCUT2D eigenvalue weighted by molar-refractivity contribution is -0.703. The summed E-state index contributed by atoms with van der Waals surface area (Å²) in [5.41, 5.74) is 1.34. The molecule has 2 aromatic rings. The van der Waals surface area contributed by atoms with Crippen LogP contribution in [0.4, 0.5) is 0 Å². The molecule has 0 aliphatic carbocycles. The first-order valence-corrected chi connectivity index (χ1v) is 6.60. The van der Waals surface area contributed by atoms with Gasteiger partial charge in [-0.3, -0.25) is 0 Å². The van der Waals surface area contributed by atoms with E-state index in [-0.39, 0.29) is 12.4 Å². The van der Waals surface area contributed by atoms with Crippen molar-refractivity contribution in [2.45, 2.75) is 32.7 Å². The van der Waals surface area contributed by atoms with Gasteiger partial charge in [-0.2, -0.15) is 0 Å². The Morgan fingerprint density at radius 3 is 2.63 bits per heavy atom. The third kappa shape index (κ3) is 3.97. The van der Waals surface area contributed by atoms with E-state index in [1.54, 1.807) is 0 Å². The summed E-state index contributed by atoms with van der Waals surface area (Å²) in [7, 11) is 0. The molecule has 0 aliphatic rings. The zero-order chi connectivity index (χ0) is 12.8. The van der Waals surface area contributed by atoms with Gasteiger partial charge in [-0.25, -0.2) is 9.13 Å². The molecule has 2 nitrogen and oxygen atoms in total. The van der Waals surface area contributed by atoms with Gasteiger partial charge in [-0.1, -0.05) is 50.3 Å². The van der Waals surface area contributed by atoms with Crippen LogP contribution in [0.25, 0.3) is 6.20 Å². The third-order valence-corrected chi connectivity index (χ3v) is 3.19. The van der Waals surface area contributed by atoms with Crippen molar-refractivity contribution >= 4 is 6.20 Å². The molecule has 0 amide bonds. The number of benzene rings is 1. The molecule has 1 aromatic heterocycles. The lowest BCUT2D eigenvalue weighted by Gasteiger charge is -2.03. The van der Waals surface area contributed by atoms with E-state index in [1.165, 1.54) is 24.2 Å². The van der Waals surface area contributed by atoms with Gasteiger partial charge in [-0.05, 0) is 12.0 Å². The van der Waals surface area contributed by atoms with Crippen LogP contribution in [0, 0.1) is 0 Å². The van der Waals surface area contributed by atoms with Gasteiger partial charge in [0.15, 0.2) is 0 Å². The largest absolute Gasteiger partial charge is 1.00 e. The van der Waals surface area contributed by atoms with Crippen LogP contribution in [0.3, 0.4) is 0 Å². The standard InChI is InChI=1S/C16H21N2.ClH/c1-3-5-11-18-13-12-17(4-2)16(18)14-15-9-7-6-8-10-15;/h4,6-10,12-13H,2-3,5,11,14H2,1H3;1H/q+1;/p-1. The highest BCUT2D eigenvalue weighted by Gasteiger charge is 2.15. The molecule has 1 aromatic carbocycles. The minimum Gasteiger partial charge on any atom is -1.00 e. The van der Waals surface area contributed by atoms with Crippen LogP contribution < -0.4 is 17.0 Å². The van der Waals surface area contributed by atoms with Crippen LogP contribution in [-0.4, -0.2) is 4.57 Å². The van der Waals surface area contributed by atoms with Crippen molar-refractivity contribution in [3.05, 3.63) is 60.7 Å². The van der Waals surface area contributed by atoms with E-state index in [2.05, 4.69) is 65.4 Å². The molecule has 1 heterocycles. The summed E-state index contributed by atoms with van der Waals surface area (Å²) >= 11 is 0. The quantitative estimate of drug-likeness (QED) is 0.670. The van der Waals surface area contributed by atoms with Crippen LogP contribution in [0.1, 0.15) is 31.2 Å². The zero-order valence-electron chi connectivity index (χ0n) is 11.4. The molecule has 0 N–H and O–H groups in total.